The van der Waals surface area contributed by atoms with Crippen LogP contribution in [-0.2, 0) is 0 Å². The van der Waals surface area contributed by atoms with Crippen molar-refractivity contribution >= 4 is 11.0 Å². The molecule has 0 amide bonds. The van der Waals surface area contributed by atoms with E-state index in [1.165, 1.54) is 0 Å². The van der Waals surface area contributed by atoms with Gasteiger partial charge in [0.05, 0.1) is 17.9 Å². The Morgan fingerprint density at radius 3 is 2.53 bits per heavy atom. The molecule has 0 radical (unpaired) electrons. The Morgan fingerprint density at radius 2 is 1.76 bits per heavy atom. The maximum absolute atomic E-state index is 9.13. The molecule has 2 heteroatoms. The van der Waals surface area contributed by atoms with E-state index in [9.17, 15) is 0 Å². The van der Waals surface area contributed by atoms with E-state index in [1.807, 2.05) is 48.5 Å². The van der Waals surface area contributed by atoms with Crippen molar-refractivity contribution in [2.75, 3.05) is 0 Å². The molecule has 0 bridgehead atoms. The fourth-order valence-corrected chi connectivity index (χ4v) is 2.01. The normalized spacial score (nSPS) is 10.3. The molecule has 0 aliphatic rings. The first kappa shape index (κ1) is 9.68. The van der Waals surface area contributed by atoms with E-state index in [0.29, 0.717) is 5.56 Å². The Morgan fingerprint density at radius 1 is 0.941 bits per heavy atom. The molecule has 0 aliphatic carbocycles. The molecule has 0 unspecified atom stereocenters. The third-order valence-corrected chi connectivity index (χ3v) is 2.80. The van der Waals surface area contributed by atoms with Crippen LogP contribution in [0.4, 0.5) is 0 Å². The standard InChI is InChI=1S/C15H9NO/c16-9-12-7-4-8-14-15(12)13(10-17-14)11-5-2-1-3-6-11/h1-8,10H. The third kappa shape index (κ3) is 1.49. The summed E-state index contributed by atoms with van der Waals surface area (Å²) in [4.78, 5) is 0. The van der Waals surface area contributed by atoms with Crippen LogP contribution in [0, 0.1) is 11.3 Å². The number of fused-ring (bicyclic) bond motifs is 1. The monoisotopic (exact) mass is 219 g/mol. The maximum Gasteiger partial charge on any atom is 0.135 e. The predicted octanol–water partition coefficient (Wildman–Crippen LogP) is 3.97. The van der Waals surface area contributed by atoms with E-state index >= 15 is 0 Å². The topological polar surface area (TPSA) is 36.9 Å². The van der Waals surface area contributed by atoms with Crippen molar-refractivity contribution in [2.45, 2.75) is 0 Å². The van der Waals surface area contributed by atoms with Crippen molar-refractivity contribution in [2.24, 2.45) is 0 Å². The fourth-order valence-electron chi connectivity index (χ4n) is 2.01. The number of rotatable bonds is 1. The molecule has 0 fully saturated rings. The average molecular weight is 219 g/mol. The Balaban J connectivity index is 2.36. The number of benzene rings is 2. The Hall–Kier alpha value is -2.53. The summed E-state index contributed by atoms with van der Waals surface area (Å²) in [5.74, 6) is 0. The molecule has 2 nitrogen and oxygen atoms in total. The van der Waals surface area contributed by atoms with Gasteiger partial charge in [0.15, 0.2) is 0 Å². The van der Waals surface area contributed by atoms with Gasteiger partial charge in [0, 0.05) is 10.9 Å². The predicted molar refractivity (Wildman–Crippen MR) is 66.4 cm³/mol. The second-order valence-corrected chi connectivity index (χ2v) is 3.81. The Bertz CT molecular complexity index is 705. The van der Waals surface area contributed by atoms with Crippen molar-refractivity contribution in [3.8, 4) is 17.2 Å². The second kappa shape index (κ2) is 3.80. The van der Waals surface area contributed by atoms with Gasteiger partial charge in [-0.25, -0.2) is 0 Å². The molecule has 3 rings (SSSR count). The van der Waals surface area contributed by atoms with Crippen molar-refractivity contribution in [1.29, 1.82) is 5.26 Å². The quantitative estimate of drug-likeness (QED) is 0.620. The highest BCUT2D eigenvalue weighted by Crippen LogP contribution is 2.32. The van der Waals surface area contributed by atoms with Crippen LogP contribution >= 0.6 is 0 Å². The zero-order valence-corrected chi connectivity index (χ0v) is 9.05. The van der Waals surface area contributed by atoms with E-state index in [2.05, 4.69) is 6.07 Å². The smallest absolute Gasteiger partial charge is 0.135 e. The highest BCUT2D eigenvalue weighted by Gasteiger charge is 2.11. The SMILES string of the molecule is N#Cc1cccc2occ(-c3ccccc3)c12. The van der Waals surface area contributed by atoms with E-state index in [1.54, 1.807) is 6.26 Å². The van der Waals surface area contributed by atoms with Crippen LogP contribution in [0.2, 0.25) is 0 Å². The summed E-state index contributed by atoms with van der Waals surface area (Å²) >= 11 is 0. The first-order valence-corrected chi connectivity index (χ1v) is 5.36. The highest BCUT2D eigenvalue weighted by molar-refractivity contribution is 5.97. The molecular formula is C15H9NO. The van der Waals surface area contributed by atoms with Crippen LogP contribution in [0.1, 0.15) is 5.56 Å². The molecule has 0 spiro atoms. The van der Waals surface area contributed by atoms with Crippen LogP contribution in [0.3, 0.4) is 0 Å². The first-order chi connectivity index (χ1) is 8.40. The summed E-state index contributed by atoms with van der Waals surface area (Å²) in [6, 6.07) is 17.7. The minimum absolute atomic E-state index is 0.648. The lowest BCUT2D eigenvalue weighted by Crippen LogP contribution is -1.79. The number of furan rings is 1. The lowest BCUT2D eigenvalue weighted by Gasteiger charge is -1.98. The van der Waals surface area contributed by atoms with Crippen LogP contribution < -0.4 is 0 Å². The Labute approximate surface area is 98.7 Å². The molecule has 3 aromatic rings. The lowest BCUT2D eigenvalue weighted by atomic mass is 10.0. The molecule has 80 valence electrons. The molecule has 2 aromatic carbocycles. The summed E-state index contributed by atoms with van der Waals surface area (Å²) in [7, 11) is 0. The number of nitrogens with zero attached hydrogens (tertiary/aromatic N) is 1. The summed E-state index contributed by atoms with van der Waals surface area (Å²) in [6.07, 6.45) is 1.71. The van der Waals surface area contributed by atoms with Gasteiger partial charge in [-0.3, -0.25) is 0 Å². The number of hydrogen-bond donors (Lipinski definition) is 0. The van der Waals surface area contributed by atoms with Crippen LogP contribution in [-0.4, -0.2) is 0 Å². The Kier molecular flexibility index (Phi) is 2.16. The first-order valence-electron chi connectivity index (χ1n) is 5.36. The van der Waals surface area contributed by atoms with Gasteiger partial charge in [0.2, 0.25) is 0 Å². The molecule has 17 heavy (non-hydrogen) atoms. The minimum Gasteiger partial charge on any atom is -0.464 e. The second-order valence-electron chi connectivity index (χ2n) is 3.81. The summed E-state index contributed by atoms with van der Waals surface area (Å²) in [5.41, 5.74) is 3.43. The van der Waals surface area contributed by atoms with Crippen LogP contribution in [0.15, 0.2) is 59.2 Å². The van der Waals surface area contributed by atoms with Gasteiger partial charge in [-0.2, -0.15) is 5.26 Å². The molecule has 1 aromatic heterocycles. The third-order valence-electron chi connectivity index (χ3n) is 2.80. The molecular weight excluding hydrogens is 210 g/mol. The number of hydrogen-bond acceptors (Lipinski definition) is 2. The zero-order valence-electron chi connectivity index (χ0n) is 9.05. The lowest BCUT2D eigenvalue weighted by molar-refractivity contribution is 0.617. The fraction of sp³-hybridized carbons (Fsp3) is 0. The molecule has 0 saturated carbocycles. The van der Waals surface area contributed by atoms with Gasteiger partial charge in [-0.1, -0.05) is 36.4 Å². The van der Waals surface area contributed by atoms with E-state index < -0.39 is 0 Å². The summed E-state index contributed by atoms with van der Waals surface area (Å²) < 4.78 is 5.49. The zero-order chi connectivity index (χ0) is 11.7. The van der Waals surface area contributed by atoms with Gasteiger partial charge in [0.25, 0.3) is 0 Å². The van der Waals surface area contributed by atoms with Gasteiger partial charge in [0.1, 0.15) is 5.58 Å². The largest absolute Gasteiger partial charge is 0.464 e. The van der Waals surface area contributed by atoms with Crippen molar-refractivity contribution in [3.63, 3.8) is 0 Å². The molecule has 0 atom stereocenters. The van der Waals surface area contributed by atoms with E-state index in [-0.39, 0.29) is 0 Å². The van der Waals surface area contributed by atoms with Crippen molar-refractivity contribution in [3.05, 3.63) is 60.4 Å². The number of nitriles is 1. The average Bonchev–Trinajstić information content (AvgIpc) is 2.83. The summed E-state index contributed by atoms with van der Waals surface area (Å²) in [6.45, 7) is 0. The molecule has 0 aliphatic heterocycles. The highest BCUT2D eigenvalue weighted by atomic mass is 16.3. The maximum atomic E-state index is 9.13. The van der Waals surface area contributed by atoms with Crippen molar-refractivity contribution in [1.82, 2.24) is 0 Å². The van der Waals surface area contributed by atoms with Crippen LogP contribution in [0.5, 0.6) is 0 Å². The molecule has 1 heterocycles. The van der Waals surface area contributed by atoms with E-state index in [4.69, 9.17) is 9.68 Å². The van der Waals surface area contributed by atoms with E-state index in [0.717, 1.165) is 22.1 Å². The molecule has 0 N–H and O–H groups in total. The van der Waals surface area contributed by atoms with Gasteiger partial charge in [-0.05, 0) is 17.7 Å². The van der Waals surface area contributed by atoms with Crippen LogP contribution in [0.25, 0.3) is 22.1 Å². The minimum atomic E-state index is 0.648. The van der Waals surface area contributed by atoms with Gasteiger partial charge in [-0.15, -0.1) is 0 Å². The van der Waals surface area contributed by atoms with Gasteiger partial charge < -0.3 is 4.42 Å². The van der Waals surface area contributed by atoms with Crippen molar-refractivity contribution < 1.29 is 4.42 Å². The molecule has 0 saturated heterocycles. The van der Waals surface area contributed by atoms with Gasteiger partial charge >= 0.3 is 0 Å². The summed E-state index contributed by atoms with van der Waals surface area (Å²) in [5, 5.41) is 10.0.